The van der Waals surface area contributed by atoms with Crippen molar-refractivity contribution in [1.29, 1.82) is 0 Å². The zero-order valence-electron chi connectivity index (χ0n) is 16.1. The largest absolute Gasteiger partial charge is 0.494 e. The van der Waals surface area contributed by atoms with Gasteiger partial charge in [-0.05, 0) is 32.3 Å². The number of benzene rings is 1. The van der Waals surface area contributed by atoms with Gasteiger partial charge in [-0.15, -0.1) is 0 Å². The van der Waals surface area contributed by atoms with Crippen LogP contribution in [0.3, 0.4) is 0 Å². The highest BCUT2D eigenvalue weighted by Gasteiger charge is 2.33. The molecule has 0 aliphatic rings. The van der Waals surface area contributed by atoms with Gasteiger partial charge in [0.25, 0.3) is 5.91 Å². The number of amides is 1. The molecule has 1 aromatic carbocycles. The molecule has 0 saturated carbocycles. The lowest BCUT2D eigenvalue weighted by Gasteiger charge is -2.09. The Morgan fingerprint density at radius 3 is 2.69 bits per heavy atom. The topological polar surface area (TPSA) is 72.3 Å². The molecule has 0 bridgehead atoms. The van der Waals surface area contributed by atoms with Crippen LogP contribution in [0.25, 0.3) is 10.9 Å². The molecule has 29 heavy (non-hydrogen) atoms. The van der Waals surface area contributed by atoms with Gasteiger partial charge in [0.05, 0.1) is 13.7 Å². The molecule has 0 aliphatic carbocycles. The number of methoxy groups -OCH3 is 1. The van der Waals surface area contributed by atoms with Gasteiger partial charge in [-0.1, -0.05) is 6.07 Å². The number of carbonyl (C=O) groups excluding carboxylic acids is 1. The normalized spacial score (nSPS) is 11.8. The maximum atomic E-state index is 12.8. The number of carbonyl (C=O) groups is 1. The maximum Gasteiger partial charge on any atom is 0.433 e. The number of nitrogens with zero attached hydrogens (tertiary/aromatic N) is 4. The number of ether oxygens (including phenoxy) is 1. The van der Waals surface area contributed by atoms with Crippen LogP contribution in [0, 0.1) is 0 Å². The highest BCUT2D eigenvalue weighted by molar-refractivity contribution is 6.04. The quantitative estimate of drug-likeness (QED) is 0.679. The van der Waals surface area contributed by atoms with E-state index in [9.17, 15) is 18.0 Å². The minimum Gasteiger partial charge on any atom is -0.494 e. The standard InChI is InChI=1S/C19H20F3N5O2/c1-26(2)7-8-27-11-12-9-13(10-15(29-3)17(12)25-27)23-18(28)14-5-4-6-16(24-14)19(20,21)22/h4-6,9-11H,7-8H2,1-3H3,(H,23,28). The van der Waals surface area contributed by atoms with Crippen molar-refractivity contribution < 1.29 is 22.7 Å². The van der Waals surface area contributed by atoms with E-state index in [0.29, 0.717) is 23.5 Å². The van der Waals surface area contributed by atoms with E-state index in [2.05, 4.69) is 15.4 Å². The number of halogens is 3. The first-order valence-corrected chi connectivity index (χ1v) is 8.73. The molecule has 2 heterocycles. The molecule has 0 atom stereocenters. The first kappa shape index (κ1) is 20.6. The lowest BCUT2D eigenvalue weighted by Crippen LogP contribution is -2.18. The number of likely N-dealkylation sites (N-methyl/N-ethyl adjacent to an activating group) is 1. The molecule has 3 rings (SSSR count). The number of hydrogen-bond acceptors (Lipinski definition) is 5. The molecule has 0 fully saturated rings. The van der Waals surface area contributed by atoms with E-state index >= 15 is 0 Å². The Morgan fingerprint density at radius 2 is 2.03 bits per heavy atom. The fourth-order valence-electron chi connectivity index (χ4n) is 2.71. The van der Waals surface area contributed by atoms with Gasteiger partial charge in [0.1, 0.15) is 22.7 Å². The summed E-state index contributed by atoms with van der Waals surface area (Å²) in [4.78, 5) is 17.8. The zero-order chi connectivity index (χ0) is 21.2. The van der Waals surface area contributed by atoms with Crippen LogP contribution in [0.15, 0.2) is 36.5 Å². The monoisotopic (exact) mass is 407 g/mol. The number of fused-ring (bicyclic) bond motifs is 1. The lowest BCUT2D eigenvalue weighted by atomic mass is 10.2. The molecule has 0 aliphatic heterocycles. The van der Waals surface area contributed by atoms with Crippen LogP contribution in [-0.2, 0) is 12.7 Å². The summed E-state index contributed by atoms with van der Waals surface area (Å²) >= 11 is 0. The van der Waals surface area contributed by atoms with Crippen LogP contribution in [0.4, 0.5) is 18.9 Å². The number of rotatable bonds is 6. The fourth-order valence-corrected chi connectivity index (χ4v) is 2.71. The average Bonchev–Trinajstić information content (AvgIpc) is 3.08. The van der Waals surface area contributed by atoms with E-state index in [1.165, 1.54) is 13.2 Å². The average molecular weight is 407 g/mol. The predicted octanol–water partition coefficient (Wildman–Crippen LogP) is 3.27. The predicted molar refractivity (Wildman–Crippen MR) is 102 cm³/mol. The molecule has 154 valence electrons. The second-order valence-electron chi connectivity index (χ2n) is 6.67. The molecule has 10 heteroatoms. The molecular weight excluding hydrogens is 387 g/mol. The number of anilines is 1. The Hall–Kier alpha value is -3.14. The smallest absolute Gasteiger partial charge is 0.433 e. The zero-order valence-corrected chi connectivity index (χ0v) is 16.1. The molecule has 0 spiro atoms. The number of alkyl halides is 3. The second-order valence-corrected chi connectivity index (χ2v) is 6.67. The molecule has 2 aromatic heterocycles. The Morgan fingerprint density at radius 1 is 1.28 bits per heavy atom. The van der Waals surface area contributed by atoms with E-state index in [1.807, 2.05) is 25.2 Å². The number of pyridine rings is 1. The van der Waals surface area contributed by atoms with Crippen molar-refractivity contribution in [2.45, 2.75) is 12.7 Å². The SMILES string of the molecule is COc1cc(NC(=O)c2cccc(C(F)(F)F)n2)cc2cn(CCN(C)C)nc12. The molecule has 1 amide bonds. The summed E-state index contributed by atoms with van der Waals surface area (Å²) in [5, 5.41) is 7.79. The minimum absolute atomic E-state index is 0.333. The molecule has 3 aromatic rings. The Bertz CT molecular complexity index is 1030. The second kappa shape index (κ2) is 8.08. The minimum atomic E-state index is -4.63. The molecule has 0 radical (unpaired) electrons. The van der Waals surface area contributed by atoms with Crippen LogP contribution in [-0.4, -0.2) is 53.3 Å². The van der Waals surface area contributed by atoms with Crippen molar-refractivity contribution >= 4 is 22.5 Å². The fraction of sp³-hybridized carbons (Fsp3) is 0.316. The Balaban J connectivity index is 1.87. The third kappa shape index (κ3) is 4.83. The first-order chi connectivity index (χ1) is 13.7. The third-order valence-corrected chi connectivity index (χ3v) is 4.15. The summed E-state index contributed by atoms with van der Waals surface area (Å²) in [5.74, 6) is -0.309. The van der Waals surface area contributed by atoms with Crippen molar-refractivity contribution in [2.75, 3.05) is 33.1 Å². The van der Waals surface area contributed by atoms with E-state index in [-0.39, 0.29) is 5.69 Å². The van der Waals surface area contributed by atoms with Gasteiger partial charge in [-0.3, -0.25) is 9.48 Å². The van der Waals surface area contributed by atoms with Gasteiger partial charge in [-0.25, -0.2) is 4.98 Å². The third-order valence-electron chi connectivity index (χ3n) is 4.15. The van der Waals surface area contributed by atoms with E-state index in [1.54, 1.807) is 16.8 Å². The van der Waals surface area contributed by atoms with Gasteiger partial charge in [0, 0.05) is 29.9 Å². The molecule has 0 saturated heterocycles. The van der Waals surface area contributed by atoms with Crippen molar-refractivity contribution in [3.8, 4) is 5.75 Å². The molecular formula is C19H20F3N5O2. The first-order valence-electron chi connectivity index (χ1n) is 8.73. The van der Waals surface area contributed by atoms with E-state index in [0.717, 1.165) is 24.1 Å². The van der Waals surface area contributed by atoms with Gasteiger partial charge in [0.2, 0.25) is 0 Å². The van der Waals surface area contributed by atoms with Crippen LogP contribution < -0.4 is 10.1 Å². The summed E-state index contributed by atoms with van der Waals surface area (Å²) < 4.78 is 45.6. The lowest BCUT2D eigenvalue weighted by molar-refractivity contribution is -0.141. The van der Waals surface area contributed by atoms with Gasteiger partial charge in [0.15, 0.2) is 0 Å². The van der Waals surface area contributed by atoms with Crippen LogP contribution in [0.2, 0.25) is 0 Å². The highest BCUT2D eigenvalue weighted by Crippen LogP contribution is 2.30. The van der Waals surface area contributed by atoms with Crippen LogP contribution in [0.1, 0.15) is 16.2 Å². The van der Waals surface area contributed by atoms with Gasteiger partial charge >= 0.3 is 6.18 Å². The van der Waals surface area contributed by atoms with Gasteiger partial charge < -0.3 is 15.0 Å². The number of nitrogens with one attached hydrogen (secondary N) is 1. The van der Waals surface area contributed by atoms with E-state index in [4.69, 9.17) is 4.74 Å². The van der Waals surface area contributed by atoms with Crippen LogP contribution in [0.5, 0.6) is 5.75 Å². The molecule has 1 N–H and O–H groups in total. The summed E-state index contributed by atoms with van der Waals surface area (Å²) in [6.45, 7) is 1.46. The summed E-state index contributed by atoms with van der Waals surface area (Å²) in [6.07, 6.45) is -2.81. The van der Waals surface area contributed by atoms with Crippen molar-refractivity contribution in [3.05, 3.63) is 47.9 Å². The maximum absolute atomic E-state index is 12.8. The van der Waals surface area contributed by atoms with Gasteiger partial charge in [-0.2, -0.15) is 18.3 Å². The highest BCUT2D eigenvalue weighted by atomic mass is 19.4. The molecule has 0 unspecified atom stereocenters. The number of hydrogen-bond donors (Lipinski definition) is 1. The summed E-state index contributed by atoms with van der Waals surface area (Å²) in [6, 6.07) is 6.43. The van der Waals surface area contributed by atoms with E-state index < -0.39 is 17.8 Å². The Kier molecular flexibility index (Phi) is 5.73. The summed E-state index contributed by atoms with van der Waals surface area (Å²) in [5.41, 5.74) is -0.465. The molecule has 7 nitrogen and oxygen atoms in total. The Labute approximate surface area is 165 Å². The number of aromatic nitrogens is 3. The van der Waals surface area contributed by atoms with Crippen molar-refractivity contribution in [2.24, 2.45) is 0 Å². The summed E-state index contributed by atoms with van der Waals surface area (Å²) in [7, 11) is 5.39. The van der Waals surface area contributed by atoms with Crippen LogP contribution >= 0.6 is 0 Å². The van der Waals surface area contributed by atoms with Crippen molar-refractivity contribution in [3.63, 3.8) is 0 Å². The van der Waals surface area contributed by atoms with Crippen molar-refractivity contribution in [1.82, 2.24) is 19.7 Å².